The molecule has 0 radical (unpaired) electrons. The number of aromatic nitrogens is 2. The molecular weight excluding hydrogens is 1180 g/mol. The highest BCUT2D eigenvalue weighted by Crippen LogP contribution is 2.26. The molecule has 5 amide bonds. The quantitative estimate of drug-likeness (QED) is 0.0219. The summed E-state index contributed by atoms with van der Waals surface area (Å²) in [5.41, 5.74) is 41.6. The van der Waals surface area contributed by atoms with E-state index >= 15 is 0 Å². The number of carbonyl (C=O) groups excluding carboxylic acids is 9. The van der Waals surface area contributed by atoms with Crippen LogP contribution in [0.2, 0.25) is 0 Å². The molecule has 26 heteroatoms. The number of nitrogens with zero attached hydrogens (tertiary/aromatic N) is 4. The molecule has 2 aromatic carbocycles. The maximum absolute atomic E-state index is 14.9. The van der Waals surface area contributed by atoms with Gasteiger partial charge in [0.25, 0.3) is 0 Å². The summed E-state index contributed by atoms with van der Waals surface area (Å²) >= 11 is 0. The van der Waals surface area contributed by atoms with Gasteiger partial charge in [-0.2, -0.15) is 0 Å². The van der Waals surface area contributed by atoms with Gasteiger partial charge in [0.1, 0.15) is 5.75 Å². The number of phenols is 1. The predicted octanol–water partition coefficient (Wildman–Crippen LogP) is 3.19. The van der Waals surface area contributed by atoms with Gasteiger partial charge >= 0.3 is 0 Å². The van der Waals surface area contributed by atoms with Crippen LogP contribution in [0.5, 0.6) is 5.75 Å². The first-order valence-electron chi connectivity index (χ1n) is 32.2. The molecule has 1 aromatic heterocycles. The molecule has 20 N–H and O–H groups in total. The topological polar surface area (TPSA) is 470 Å². The summed E-state index contributed by atoms with van der Waals surface area (Å²) in [4.78, 5) is 148. The maximum Gasteiger partial charge on any atom is 0.224 e. The van der Waals surface area contributed by atoms with Crippen LogP contribution in [-0.4, -0.2) is 129 Å². The third kappa shape index (κ3) is 29.5. The first-order chi connectivity index (χ1) is 43.6. The number of nitrogens with two attached hydrogens (primary N) is 7. The fourth-order valence-corrected chi connectivity index (χ4v) is 11.0. The lowest BCUT2D eigenvalue weighted by atomic mass is 9.84. The summed E-state index contributed by atoms with van der Waals surface area (Å²) in [5, 5.41) is 21.5. The zero-order valence-electron chi connectivity index (χ0n) is 54.9. The van der Waals surface area contributed by atoms with Crippen molar-refractivity contribution in [3.63, 3.8) is 0 Å². The van der Waals surface area contributed by atoms with Crippen LogP contribution in [0.25, 0.3) is 0 Å². The molecule has 0 aliphatic rings. The van der Waals surface area contributed by atoms with Crippen molar-refractivity contribution < 1.29 is 48.3 Å². The van der Waals surface area contributed by atoms with Gasteiger partial charge in [0.15, 0.2) is 41.0 Å². The monoisotopic (exact) mass is 1280 g/mol. The lowest BCUT2D eigenvalue weighted by Gasteiger charge is -2.28. The van der Waals surface area contributed by atoms with E-state index in [9.17, 15) is 48.3 Å². The molecule has 3 rings (SSSR count). The Labute approximate surface area is 541 Å². The highest BCUT2D eigenvalue weighted by atomic mass is 16.3. The summed E-state index contributed by atoms with van der Waals surface area (Å²) in [6, 6.07) is 11.1. The van der Waals surface area contributed by atoms with Gasteiger partial charge in [-0.05, 0) is 112 Å². The Kier molecular flexibility index (Phi) is 34.5. The van der Waals surface area contributed by atoms with Gasteiger partial charge in [-0.15, -0.1) is 0 Å². The van der Waals surface area contributed by atoms with Gasteiger partial charge in [-0.1, -0.05) is 97.4 Å². The summed E-state index contributed by atoms with van der Waals surface area (Å²) in [7, 11) is 0. The number of benzene rings is 2. The molecule has 0 unspecified atom stereocenters. The highest BCUT2D eigenvalue weighted by molar-refractivity contribution is 5.98. The number of H-pyrrole nitrogens is 1. The second kappa shape index (κ2) is 40.9. The Balaban J connectivity index is 2.02. The third-order valence-electron chi connectivity index (χ3n) is 16.3. The molecule has 3 aromatic rings. The third-order valence-corrected chi connectivity index (χ3v) is 16.3. The van der Waals surface area contributed by atoms with Crippen LogP contribution in [0.3, 0.4) is 0 Å². The van der Waals surface area contributed by atoms with Crippen molar-refractivity contribution in [2.75, 3.05) is 19.6 Å². The number of aromatic hydroxyl groups is 1. The number of ketones is 4. The van der Waals surface area contributed by atoms with Crippen molar-refractivity contribution in [1.82, 2.24) is 31.2 Å². The van der Waals surface area contributed by atoms with Crippen molar-refractivity contribution in [2.24, 2.45) is 102 Å². The number of hydrogen-bond acceptors (Lipinski definition) is 14. The van der Waals surface area contributed by atoms with Crippen molar-refractivity contribution >= 4 is 70.5 Å². The molecular formula is C66H104N16O10. The minimum absolute atomic E-state index is 0.00746. The maximum atomic E-state index is 14.9. The Morgan fingerprint density at radius 2 is 0.935 bits per heavy atom. The van der Waals surface area contributed by atoms with Gasteiger partial charge in [0.2, 0.25) is 29.5 Å². The summed E-state index contributed by atoms with van der Waals surface area (Å²) in [6.45, 7) is 13.4. The van der Waals surface area contributed by atoms with E-state index in [1.807, 2.05) is 78.8 Å². The number of carbonyl (C=O) groups is 9. The second-order valence-electron chi connectivity index (χ2n) is 25.0. The normalized spacial score (nSPS) is 14.5. The van der Waals surface area contributed by atoms with E-state index in [-0.39, 0.29) is 144 Å². The van der Waals surface area contributed by atoms with Gasteiger partial charge in [-0.3, -0.25) is 58.1 Å². The first-order valence-corrected chi connectivity index (χ1v) is 32.2. The van der Waals surface area contributed by atoms with E-state index in [1.54, 1.807) is 12.1 Å². The molecule has 0 spiro atoms. The van der Waals surface area contributed by atoms with Crippen molar-refractivity contribution in [1.29, 1.82) is 0 Å². The van der Waals surface area contributed by atoms with Crippen LogP contribution in [0.1, 0.15) is 155 Å². The van der Waals surface area contributed by atoms with Crippen LogP contribution in [0.4, 0.5) is 0 Å². The number of primary amides is 1. The number of phenolic OH excluding ortho intramolecular Hbond substituents is 1. The largest absolute Gasteiger partial charge is 0.508 e. The molecule has 0 saturated carbocycles. The van der Waals surface area contributed by atoms with Crippen LogP contribution >= 0.6 is 0 Å². The Bertz CT molecular complexity index is 2910. The second-order valence-corrected chi connectivity index (χ2v) is 25.0. The summed E-state index contributed by atoms with van der Waals surface area (Å²) in [5.74, 6) is -10.2. The number of amides is 5. The molecule has 92 heavy (non-hydrogen) atoms. The van der Waals surface area contributed by atoms with Crippen molar-refractivity contribution in [3.05, 3.63) is 83.9 Å². The van der Waals surface area contributed by atoms with E-state index in [0.29, 0.717) is 25.0 Å². The number of guanidine groups is 3. The predicted molar refractivity (Wildman–Crippen MR) is 356 cm³/mol. The number of Topliss-reactive ketones (excluding diaryl/α,β-unsaturated/α-hetero) is 4. The van der Waals surface area contributed by atoms with Crippen LogP contribution in [0, 0.1) is 47.3 Å². The molecule has 0 aliphatic heterocycles. The highest BCUT2D eigenvalue weighted by Gasteiger charge is 2.37. The smallest absolute Gasteiger partial charge is 0.224 e. The van der Waals surface area contributed by atoms with E-state index in [0.717, 1.165) is 11.1 Å². The van der Waals surface area contributed by atoms with E-state index < -0.39 is 113 Å². The number of nitrogens with one attached hydrogen (secondary N) is 5. The van der Waals surface area contributed by atoms with Crippen molar-refractivity contribution in [2.45, 2.75) is 182 Å². The molecule has 508 valence electrons. The zero-order valence-corrected chi connectivity index (χ0v) is 54.9. The number of aliphatic imine (C=N–C) groups is 3. The molecule has 26 nitrogen and oxygen atoms in total. The Morgan fingerprint density at radius 3 is 1.42 bits per heavy atom. The van der Waals surface area contributed by atoms with Crippen molar-refractivity contribution in [3.8, 4) is 5.75 Å². The van der Waals surface area contributed by atoms with Crippen LogP contribution in [-0.2, 0) is 62.4 Å². The first kappa shape index (κ1) is 77.5. The fourth-order valence-electron chi connectivity index (χ4n) is 11.0. The van der Waals surface area contributed by atoms with Crippen LogP contribution in [0.15, 0.2) is 82.1 Å². The Morgan fingerprint density at radius 1 is 0.489 bits per heavy atom. The SMILES string of the molecule is CC[C@@H](Cc1ccc(O)cc1)C(=O)N[C@@H](CCCN=C(N)N)C(=O)C[C@@H](Cc1cnc[nH]1)C(=O)N[C@@H](CCCN=C(N)N)C(=O)C[C@@H](CCCN=C(N)N)C(=O)N[C@@H](CC(C)C)C(=O)C[C@@H](CC(C)C)C(=O)N[C@@H](Cc1ccccc1)C(=O)C[C@H](C(N)=O)[C@@H](C)CC. The fraction of sp³-hybridized carbons (Fsp3) is 0.591. The van der Waals surface area contributed by atoms with E-state index in [2.05, 4.69) is 46.2 Å². The van der Waals surface area contributed by atoms with E-state index in [1.165, 1.54) is 24.7 Å². The molecule has 0 fully saturated rings. The van der Waals surface area contributed by atoms with Gasteiger partial charge in [0, 0.05) is 87.3 Å². The van der Waals surface area contributed by atoms with Gasteiger partial charge in [-0.25, -0.2) is 4.98 Å². The van der Waals surface area contributed by atoms with E-state index in [4.69, 9.17) is 40.1 Å². The summed E-state index contributed by atoms with van der Waals surface area (Å²) in [6.07, 6.45) is 4.26. The average molecular weight is 1280 g/mol. The minimum atomic E-state index is -1.26. The zero-order chi connectivity index (χ0) is 68.5. The molecule has 0 saturated heterocycles. The van der Waals surface area contributed by atoms with Crippen LogP contribution < -0.4 is 61.4 Å². The number of aromatic amines is 1. The Hall–Kier alpha value is -8.71. The van der Waals surface area contributed by atoms with Gasteiger partial charge in [0.05, 0.1) is 36.4 Å². The molecule has 0 aliphatic carbocycles. The average Bonchev–Trinajstić information content (AvgIpc) is 1.23. The molecule has 0 bridgehead atoms. The lowest BCUT2D eigenvalue weighted by Crippen LogP contribution is -2.49. The van der Waals surface area contributed by atoms with Gasteiger partial charge < -0.3 is 71.5 Å². The molecule has 10 atom stereocenters. The molecule has 1 heterocycles. The summed E-state index contributed by atoms with van der Waals surface area (Å²) < 4.78 is 0. The number of hydrogen-bond donors (Lipinski definition) is 13. The standard InChI is InChI=1S/C66H104N16O10/c1-8-41(7)50(59(67)88)36-58(87)54(31-42-16-11-10-12-17-42)82-62(91)46(28-39(3)4)34-57(86)53(29-40(5)6)81-61(90)45(18-13-25-75-64(68)69)33-55(84)51(19-14-26-76-65(70)71)80-63(92)47(32-48-37-74-38-78-48)35-56(85)52(20-15-27-77-66(72)73)79-60(89)44(9-2)30-43-21-23-49(83)24-22-43/h10-12,16-17,21-24,37-41,44-47,50-54,83H,8-9,13-15,18-20,25-36H2,1-7H3,(H2,67,88)(H,74,78)(H,79,89)(H,80,92)(H,81,90)(H,82,91)(H4,68,69,75)(H4,70,71,76)(H4,72,73,77)/t41-,44-,45+,46+,47+,50-,51-,52-,53-,54-/m0/s1. The number of imidazole rings is 1. The minimum Gasteiger partial charge on any atom is -0.508 e. The lowest BCUT2D eigenvalue weighted by molar-refractivity contribution is -0.136. The number of rotatable bonds is 46.